The Morgan fingerprint density at radius 3 is 2.95 bits per heavy atom. The molecule has 0 saturated carbocycles. The average Bonchev–Trinajstić information content (AvgIpc) is 2.44. The van der Waals surface area contributed by atoms with E-state index in [1.54, 1.807) is 12.1 Å². The number of halogens is 1. The van der Waals surface area contributed by atoms with Crippen LogP contribution in [-0.4, -0.2) is 49.2 Å². The summed E-state index contributed by atoms with van der Waals surface area (Å²) in [6, 6.07) is 6.04. The van der Waals surface area contributed by atoms with E-state index in [-0.39, 0.29) is 0 Å². The molecule has 1 aromatic carbocycles. The Bertz CT molecular complexity index is 545. The minimum atomic E-state index is -0.957. The predicted molar refractivity (Wildman–Crippen MR) is 87.0 cm³/mol. The van der Waals surface area contributed by atoms with Crippen LogP contribution in [0.15, 0.2) is 24.3 Å². The summed E-state index contributed by atoms with van der Waals surface area (Å²) in [5, 5.41) is 9.43. The summed E-state index contributed by atoms with van der Waals surface area (Å²) in [6.45, 7) is 2.15. The summed E-state index contributed by atoms with van der Waals surface area (Å²) in [6.07, 6.45) is 5.08. The van der Waals surface area contributed by atoms with Gasteiger partial charge in [-0.2, -0.15) is 0 Å². The van der Waals surface area contributed by atoms with Crippen LogP contribution in [0.5, 0.6) is 0 Å². The maximum atomic E-state index is 10.7. The van der Waals surface area contributed by atoms with Gasteiger partial charge in [-0.3, -0.25) is 0 Å². The number of carboxylic acids is 1. The highest BCUT2D eigenvalue weighted by Crippen LogP contribution is 2.28. The molecule has 1 fully saturated rings. The van der Waals surface area contributed by atoms with Crippen molar-refractivity contribution in [1.29, 1.82) is 0 Å². The van der Waals surface area contributed by atoms with Gasteiger partial charge < -0.3 is 14.9 Å². The molecule has 1 aliphatic rings. The molecule has 1 aliphatic heterocycles. The van der Waals surface area contributed by atoms with E-state index >= 15 is 0 Å². The molecule has 0 aromatic heterocycles. The van der Waals surface area contributed by atoms with Gasteiger partial charge in [-0.1, -0.05) is 11.6 Å². The smallest absolute Gasteiger partial charge is 0.328 e. The fourth-order valence-corrected chi connectivity index (χ4v) is 2.97. The maximum Gasteiger partial charge on any atom is 0.328 e. The minimum absolute atomic E-state index is 0.432. The second-order valence-electron chi connectivity index (χ2n) is 5.54. The topological polar surface area (TPSA) is 43.8 Å². The van der Waals surface area contributed by atoms with Gasteiger partial charge in [-0.25, -0.2) is 4.79 Å². The Hall–Kier alpha value is -1.52. The number of anilines is 1. The predicted octanol–water partition coefficient (Wildman–Crippen LogP) is 2.97. The molecule has 1 N–H and O–H groups in total. The first kappa shape index (κ1) is 15.9. The second-order valence-corrected chi connectivity index (χ2v) is 5.98. The molecule has 0 spiro atoms. The number of likely N-dealkylation sites (N-methyl/N-ethyl adjacent to an activating group) is 2. The van der Waals surface area contributed by atoms with Crippen LogP contribution in [0, 0.1) is 0 Å². The lowest BCUT2D eigenvalue weighted by molar-refractivity contribution is -0.131. The zero-order chi connectivity index (χ0) is 15.4. The summed E-state index contributed by atoms with van der Waals surface area (Å²) in [5.41, 5.74) is 1.85. The quantitative estimate of drug-likeness (QED) is 0.869. The lowest BCUT2D eigenvalue weighted by atomic mass is 10.0. The molecule has 4 nitrogen and oxygen atoms in total. The summed E-state index contributed by atoms with van der Waals surface area (Å²) in [4.78, 5) is 15.3. The Balaban J connectivity index is 2.27. The van der Waals surface area contributed by atoms with Gasteiger partial charge in [0.15, 0.2) is 0 Å². The van der Waals surface area contributed by atoms with E-state index in [1.807, 2.05) is 12.1 Å². The Morgan fingerprint density at radius 2 is 2.29 bits per heavy atom. The van der Waals surface area contributed by atoms with E-state index in [1.165, 1.54) is 6.42 Å². The highest BCUT2D eigenvalue weighted by molar-refractivity contribution is 6.30. The van der Waals surface area contributed by atoms with Gasteiger partial charge >= 0.3 is 5.97 Å². The van der Waals surface area contributed by atoms with Crippen LogP contribution in [0.2, 0.25) is 5.02 Å². The fraction of sp³-hybridized carbons (Fsp3) is 0.438. The number of hydrogen-bond donors (Lipinski definition) is 1. The SMILES string of the molecule is CN1CCCC(N(C)c2ccc(Cl)cc2/C=C/C(=O)O)C1. The number of aliphatic carboxylic acids is 1. The molecule has 21 heavy (non-hydrogen) atoms. The molecule has 2 rings (SSSR count). The molecular weight excluding hydrogens is 288 g/mol. The van der Waals surface area contributed by atoms with Gasteiger partial charge in [0.25, 0.3) is 0 Å². The number of nitrogens with zero attached hydrogens (tertiary/aromatic N) is 2. The first-order valence-corrected chi connectivity index (χ1v) is 7.47. The van der Waals surface area contributed by atoms with Gasteiger partial charge in [0, 0.05) is 36.4 Å². The van der Waals surface area contributed by atoms with Gasteiger partial charge in [-0.15, -0.1) is 0 Å². The molecule has 1 aromatic rings. The third kappa shape index (κ3) is 4.22. The highest BCUT2D eigenvalue weighted by atomic mass is 35.5. The van der Waals surface area contributed by atoms with E-state index < -0.39 is 5.97 Å². The third-order valence-corrected chi connectivity index (χ3v) is 4.16. The monoisotopic (exact) mass is 308 g/mol. The van der Waals surface area contributed by atoms with E-state index in [2.05, 4.69) is 23.9 Å². The Morgan fingerprint density at radius 1 is 1.52 bits per heavy atom. The molecule has 1 heterocycles. The molecular formula is C16H21ClN2O2. The summed E-state index contributed by atoms with van der Waals surface area (Å²) < 4.78 is 0. The molecule has 0 amide bonds. The average molecular weight is 309 g/mol. The number of likely N-dealkylation sites (tertiary alicyclic amines) is 1. The maximum absolute atomic E-state index is 10.7. The van der Waals surface area contributed by atoms with Crippen LogP contribution < -0.4 is 4.90 Å². The van der Waals surface area contributed by atoms with E-state index in [4.69, 9.17) is 16.7 Å². The minimum Gasteiger partial charge on any atom is -0.478 e. The number of piperidine rings is 1. The number of carboxylic acid groups (broad SMARTS) is 1. The standard InChI is InChI=1S/C16H21ClN2O2/c1-18-9-3-4-14(11-18)19(2)15-7-6-13(17)10-12(15)5-8-16(20)21/h5-8,10,14H,3-4,9,11H2,1-2H3,(H,20,21)/b8-5+. The number of hydrogen-bond acceptors (Lipinski definition) is 3. The number of rotatable bonds is 4. The molecule has 0 radical (unpaired) electrons. The van der Waals surface area contributed by atoms with Crippen molar-refractivity contribution >= 4 is 29.3 Å². The first-order valence-electron chi connectivity index (χ1n) is 7.09. The lowest BCUT2D eigenvalue weighted by Crippen LogP contribution is -2.45. The van der Waals surface area contributed by atoms with Crippen molar-refractivity contribution in [3.8, 4) is 0 Å². The van der Waals surface area contributed by atoms with Crippen LogP contribution in [0.4, 0.5) is 5.69 Å². The van der Waals surface area contributed by atoms with Crippen LogP contribution >= 0.6 is 11.6 Å². The number of benzene rings is 1. The van der Waals surface area contributed by atoms with E-state index in [9.17, 15) is 4.79 Å². The molecule has 0 aliphatic carbocycles. The molecule has 1 saturated heterocycles. The third-order valence-electron chi connectivity index (χ3n) is 3.92. The van der Waals surface area contributed by atoms with Crippen molar-refractivity contribution in [1.82, 2.24) is 4.90 Å². The van der Waals surface area contributed by atoms with Crippen molar-refractivity contribution < 1.29 is 9.90 Å². The summed E-state index contributed by atoms with van der Waals surface area (Å²) in [7, 11) is 4.19. The van der Waals surface area contributed by atoms with Gasteiger partial charge in [0.05, 0.1) is 0 Å². The first-order chi connectivity index (χ1) is 9.97. The second kappa shape index (κ2) is 6.96. The number of carbonyl (C=O) groups is 1. The van der Waals surface area contributed by atoms with E-state index in [0.717, 1.165) is 36.8 Å². The van der Waals surface area contributed by atoms with Gasteiger partial charge in [0.2, 0.25) is 0 Å². The van der Waals surface area contributed by atoms with Crippen LogP contribution in [0.1, 0.15) is 18.4 Å². The fourth-order valence-electron chi connectivity index (χ4n) is 2.79. The van der Waals surface area contributed by atoms with Crippen LogP contribution in [0.25, 0.3) is 6.08 Å². The molecule has 1 unspecified atom stereocenters. The summed E-state index contributed by atoms with van der Waals surface area (Å²) in [5.74, 6) is -0.957. The van der Waals surface area contributed by atoms with Crippen molar-refractivity contribution in [2.24, 2.45) is 0 Å². The molecule has 1 atom stereocenters. The van der Waals surface area contributed by atoms with Crippen molar-refractivity contribution in [3.05, 3.63) is 34.9 Å². The molecule has 0 bridgehead atoms. The van der Waals surface area contributed by atoms with Crippen LogP contribution in [-0.2, 0) is 4.79 Å². The summed E-state index contributed by atoms with van der Waals surface area (Å²) >= 11 is 6.04. The van der Waals surface area contributed by atoms with Gasteiger partial charge in [-0.05, 0) is 56.3 Å². The van der Waals surface area contributed by atoms with Crippen molar-refractivity contribution in [2.45, 2.75) is 18.9 Å². The Labute approximate surface area is 130 Å². The van der Waals surface area contributed by atoms with Crippen molar-refractivity contribution in [2.75, 3.05) is 32.1 Å². The normalized spacial score (nSPS) is 19.9. The van der Waals surface area contributed by atoms with Gasteiger partial charge in [0.1, 0.15) is 0 Å². The Kier molecular flexibility index (Phi) is 5.26. The van der Waals surface area contributed by atoms with Crippen molar-refractivity contribution in [3.63, 3.8) is 0 Å². The molecule has 5 heteroatoms. The molecule has 114 valence electrons. The zero-order valence-corrected chi connectivity index (χ0v) is 13.2. The van der Waals surface area contributed by atoms with E-state index in [0.29, 0.717) is 11.1 Å². The lowest BCUT2D eigenvalue weighted by Gasteiger charge is -2.37. The van der Waals surface area contributed by atoms with Crippen LogP contribution in [0.3, 0.4) is 0 Å². The largest absolute Gasteiger partial charge is 0.478 e. The zero-order valence-electron chi connectivity index (χ0n) is 12.4. The highest BCUT2D eigenvalue weighted by Gasteiger charge is 2.22.